The van der Waals surface area contributed by atoms with Gasteiger partial charge in [-0.1, -0.05) is 19.9 Å². The van der Waals surface area contributed by atoms with Gasteiger partial charge >= 0.3 is 0 Å². The Balaban J connectivity index is 2.33. The van der Waals surface area contributed by atoms with Crippen LogP contribution < -0.4 is 10.6 Å². The molecule has 0 amide bonds. The minimum absolute atomic E-state index is 0.0896. The van der Waals surface area contributed by atoms with Crippen LogP contribution in [-0.4, -0.2) is 29.3 Å². The first-order valence-corrected chi connectivity index (χ1v) is 6.51. The molecular formula is C14H22N2O2. The van der Waals surface area contributed by atoms with Gasteiger partial charge < -0.3 is 20.8 Å². The van der Waals surface area contributed by atoms with Crippen LogP contribution in [-0.2, 0) is 6.42 Å². The summed E-state index contributed by atoms with van der Waals surface area (Å²) in [6.07, 6.45) is 1.23. The minimum Gasteiger partial charge on any atom is -0.506 e. The maximum atomic E-state index is 10.4. The number of fused-ring (bicyclic) bond motifs is 1. The number of phenols is 1. The van der Waals surface area contributed by atoms with Crippen LogP contribution in [0.5, 0.6) is 5.75 Å². The summed E-state index contributed by atoms with van der Waals surface area (Å²) in [5.41, 5.74) is 2.70. The quantitative estimate of drug-likeness (QED) is 0.618. The molecule has 1 aromatic rings. The van der Waals surface area contributed by atoms with Crippen molar-refractivity contribution in [3.05, 3.63) is 23.3 Å². The summed E-state index contributed by atoms with van der Waals surface area (Å²) in [4.78, 5) is 0. The topological polar surface area (TPSA) is 64.5 Å². The zero-order valence-electron chi connectivity index (χ0n) is 11.2. The van der Waals surface area contributed by atoms with Gasteiger partial charge in [0.25, 0.3) is 0 Å². The van der Waals surface area contributed by atoms with Crippen LogP contribution in [0.25, 0.3) is 0 Å². The molecule has 4 N–H and O–H groups in total. The Morgan fingerprint density at radius 2 is 2.06 bits per heavy atom. The lowest BCUT2D eigenvalue weighted by Gasteiger charge is -2.33. The van der Waals surface area contributed by atoms with Crippen LogP contribution in [0.2, 0.25) is 0 Å². The molecule has 0 aromatic heterocycles. The summed E-state index contributed by atoms with van der Waals surface area (Å²) in [5, 5.41) is 26.6. The maximum absolute atomic E-state index is 10.4. The van der Waals surface area contributed by atoms with Gasteiger partial charge in [-0.3, -0.25) is 0 Å². The fourth-order valence-corrected chi connectivity index (χ4v) is 2.75. The van der Waals surface area contributed by atoms with E-state index in [9.17, 15) is 10.2 Å². The van der Waals surface area contributed by atoms with E-state index in [2.05, 4.69) is 24.5 Å². The van der Waals surface area contributed by atoms with E-state index in [-0.39, 0.29) is 11.8 Å². The number of aromatic hydroxyl groups is 1. The zero-order valence-corrected chi connectivity index (χ0v) is 11.2. The molecule has 18 heavy (non-hydrogen) atoms. The van der Waals surface area contributed by atoms with E-state index in [1.54, 1.807) is 13.1 Å². The molecular weight excluding hydrogens is 228 g/mol. The SMILES string of the molecule is CNc1c(O)ccc2c1CC[C@H](NC(C)C)[C@H]2O. The maximum Gasteiger partial charge on any atom is 0.138 e. The Kier molecular flexibility index (Phi) is 3.78. The average Bonchev–Trinajstić information content (AvgIpc) is 2.32. The molecule has 4 heteroatoms. The van der Waals surface area contributed by atoms with Crippen molar-refractivity contribution in [1.29, 1.82) is 0 Å². The minimum atomic E-state index is -0.510. The van der Waals surface area contributed by atoms with Gasteiger partial charge in [0.15, 0.2) is 0 Å². The Bertz CT molecular complexity index is 432. The third kappa shape index (κ3) is 2.31. The molecule has 100 valence electrons. The molecule has 0 saturated carbocycles. The van der Waals surface area contributed by atoms with Gasteiger partial charge in [-0.2, -0.15) is 0 Å². The molecule has 2 atom stereocenters. The molecule has 0 fully saturated rings. The summed E-state index contributed by atoms with van der Waals surface area (Å²) in [6.45, 7) is 4.16. The summed E-state index contributed by atoms with van der Waals surface area (Å²) < 4.78 is 0. The molecule has 4 nitrogen and oxygen atoms in total. The van der Waals surface area contributed by atoms with E-state index in [1.807, 2.05) is 6.07 Å². The molecule has 0 aliphatic heterocycles. The predicted octanol–water partition coefficient (Wildman–Crippen LogP) is 1.78. The van der Waals surface area contributed by atoms with E-state index < -0.39 is 6.10 Å². The second-order valence-electron chi connectivity index (χ2n) is 5.19. The van der Waals surface area contributed by atoms with E-state index in [0.29, 0.717) is 6.04 Å². The molecule has 2 rings (SSSR count). The lowest BCUT2D eigenvalue weighted by Crippen LogP contribution is -2.42. The first-order chi connectivity index (χ1) is 8.54. The fraction of sp³-hybridized carbons (Fsp3) is 0.571. The van der Waals surface area contributed by atoms with Crippen LogP contribution in [0.3, 0.4) is 0 Å². The number of anilines is 1. The second kappa shape index (κ2) is 5.16. The highest BCUT2D eigenvalue weighted by Crippen LogP contribution is 2.38. The number of nitrogens with one attached hydrogen (secondary N) is 2. The molecule has 0 radical (unpaired) electrons. The molecule has 1 aliphatic rings. The first kappa shape index (κ1) is 13.2. The van der Waals surface area contributed by atoms with Crippen molar-refractivity contribution in [3.63, 3.8) is 0 Å². The number of aliphatic hydroxyl groups excluding tert-OH is 1. The Labute approximate surface area is 108 Å². The lowest BCUT2D eigenvalue weighted by atomic mass is 9.84. The van der Waals surface area contributed by atoms with Crippen LogP contribution in [0.1, 0.15) is 37.5 Å². The lowest BCUT2D eigenvalue weighted by molar-refractivity contribution is 0.110. The third-order valence-corrected chi connectivity index (χ3v) is 3.53. The largest absolute Gasteiger partial charge is 0.506 e. The average molecular weight is 250 g/mol. The van der Waals surface area contributed by atoms with E-state index in [1.165, 1.54) is 0 Å². The highest BCUT2D eigenvalue weighted by atomic mass is 16.3. The summed E-state index contributed by atoms with van der Waals surface area (Å²) in [5.74, 6) is 0.249. The predicted molar refractivity (Wildman–Crippen MR) is 73.0 cm³/mol. The van der Waals surface area contributed by atoms with Gasteiger partial charge in [-0.05, 0) is 30.0 Å². The second-order valence-corrected chi connectivity index (χ2v) is 5.19. The molecule has 0 saturated heterocycles. The standard InChI is InChI=1S/C14H22N2O2/c1-8(2)16-11-6-4-9-10(14(11)18)5-7-12(17)13(9)15-3/h5,7-8,11,14-18H,4,6H2,1-3H3/t11-,14-/m0/s1. The number of hydrogen-bond acceptors (Lipinski definition) is 4. The van der Waals surface area contributed by atoms with E-state index >= 15 is 0 Å². The summed E-state index contributed by atoms with van der Waals surface area (Å²) in [6, 6.07) is 3.91. The zero-order chi connectivity index (χ0) is 13.3. The number of hydrogen-bond donors (Lipinski definition) is 4. The fourth-order valence-electron chi connectivity index (χ4n) is 2.75. The molecule has 0 heterocycles. The number of benzene rings is 1. The van der Waals surface area contributed by atoms with Gasteiger partial charge in [-0.25, -0.2) is 0 Å². The number of aliphatic hydroxyl groups is 1. The Morgan fingerprint density at radius 3 is 2.67 bits per heavy atom. The number of rotatable bonds is 3. The smallest absolute Gasteiger partial charge is 0.138 e. The highest BCUT2D eigenvalue weighted by Gasteiger charge is 2.30. The van der Waals surface area contributed by atoms with Crippen LogP contribution >= 0.6 is 0 Å². The monoisotopic (exact) mass is 250 g/mol. The van der Waals surface area contributed by atoms with Gasteiger partial charge in [-0.15, -0.1) is 0 Å². The van der Waals surface area contributed by atoms with Gasteiger partial charge in [0.1, 0.15) is 5.75 Å². The molecule has 0 spiro atoms. The van der Waals surface area contributed by atoms with Crippen molar-refractivity contribution in [3.8, 4) is 5.75 Å². The molecule has 1 aromatic carbocycles. The summed E-state index contributed by atoms with van der Waals surface area (Å²) >= 11 is 0. The van der Waals surface area contributed by atoms with Gasteiger partial charge in [0, 0.05) is 19.1 Å². The van der Waals surface area contributed by atoms with E-state index in [4.69, 9.17) is 0 Å². The molecule has 0 bridgehead atoms. The van der Waals surface area contributed by atoms with Crippen LogP contribution in [0, 0.1) is 0 Å². The van der Waals surface area contributed by atoms with Crippen LogP contribution in [0.15, 0.2) is 12.1 Å². The Hall–Kier alpha value is -1.26. The van der Waals surface area contributed by atoms with Crippen molar-refractivity contribution in [2.45, 2.75) is 44.9 Å². The van der Waals surface area contributed by atoms with Crippen molar-refractivity contribution >= 4 is 5.69 Å². The first-order valence-electron chi connectivity index (χ1n) is 6.51. The Morgan fingerprint density at radius 1 is 1.33 bits per heavy atom. The summed E-state index contributed by atoms with van der Waals surface area (Å²) in [7, 11) is 1.79. The van der Waals surface area contributed by atoms with Gasteiger partial charge in [0.2, 0.25) is 0 Å². The van der Waals surface area contributed by atoms with Crippen LogP contribution in [0.4, 0.5) is 5.69 Å². The van der Waals surface area contributed by atoms with E-state index in [0.717, 1.165) is 29.7 Å². The number of phenolic OH excluding ortho intramolecular Hbond substituents is 1. The van der Waals surface area contributed by atoms with Crippen molar-refractivity contribution in [2.75, 3.05) is 12.4 Å². The normalized spacial score (nSPS) is 22.9. The van der Waals surface area contributed by atoms with Crippen molar-refractivity contribution < 1.29 is 10.2 Å². The van der Waals surface area contributed by atoms with Crippen molar-refractivity contribution in [2.24, 2.45) is 0 Å². The van der Waals surface area contributed by atoms with Gasteiger partial charge in [0.05, 0.1) is 11.8 Å². The molecule has 1 aliphatic carbocycles. The molecule has 0 unspecified atom stereocenters. The third-order valence-electron chi connectivity index (χ3n) is 3.53. The van der Waals surface area contributed by atoms with Crippen molar-refractivity contribution in [1.82, 2.24) is 5.32 Å². The highest BCUT2D eigenvalue weighted by molar-refractivity contribution is 5.64.